The molecule has 0 amide bonds. The summed E-state index contributed by atoms with van der Waals surface area (Å²) in [6.07, 6.45) is 11.5. The lowest BCUT2D eigenvalue weighted by atomic mass is 9.97. The number of nitrogens with one attached hydrogen (secondary N) is 2. The van der Waals surface area contributed by atoms with Crippen LogP contribution >= 0.6 is 0 Å². The fourth-order valence-corrected chi connectivity index (χ4v) is 4.04. The van der Waals surface area contributed by atoms with E-state index in [1.165, 1.54) is 57.9 Å². The highest BCUT2D eigenvalue weighted by Crippen LogP contribution is 2.33. The summed E-state index contributed by atoms with van der Waals surface area (Å²) in [5.41, 5.74) is 0. The van der Waals surface area contributed by atoms with Crippen LogP contribution in [0.15, 0.2) is 0 Å². The second-order valence-corrected chi connectivity index (χ2v) is 7.39. The first-order valence-electron chi connectivity index (χ1n) is 8.63. The quantitative estimate of drug-likeness (QED) is 0.734. The SMILES string of the molecule is CC(C)NCC1CCC(CC(C)NC2CCCC2)C1. The van der Waals surface area contributed by atoms with E-state index in [0.717, 1.165) is 23.9 Å². The Kier molecular flexibility index (Phi) is 6.15. The van der Waals surface area contributed by atoms with E-state index < -0.39 is 0 Å². The molecule has 2 heteroatoms. The molecule has 0 aromatic rings. The van der Waals surface area contributed by atoms with Crippen molar-refractivity contribution >= 4 is 0 Å². The summed E-state index contributed by atoms with van der Waals surface area (Å²) in [5.74, 6) is 1.91. The molecule has 0 aliphatic heterocycles. The van der Waals surface area contributed by atoms with Gasteiger partial charge in [0.2, 0.25) is 0 Å². The number of hydrogen-bond donors (Lipinski definition) is 2. The molecule has 0 heterocycles. The van der Waals surface area contributed by atoms with Gasteiger partial charge in [-0.3, -0.25) is 0 Å². The number of hydrogen-bond acceptors (Lipinski definition) is 2. The maximum Gasteiger partial charge on any atom is 0.00695 e. The van der Waals surface area contributed by atoms with Crippen LogP contribution < -0.4 is 10.6 Å². The van der Waals surface area contributed by atoms with Crippen LogP contribution in [0.2, 0.25) is 0 Å². The van der Waals surface area contributed by atoms with Crippen molar-refractivity contribution in [2.24, 2.45) is 11.8 Å². The molecule has 0 bridgehead atoms. The highest BCUT2D eigenvalue weighted by molar-refractivity contribution is 4.82. The highest BCUT2D eigenvalue weighted by Gasteiger charge is 2.26. The van der Waals surface area contributed by atoms with E-state index in [0.29, 0.717) is 6.04 Å². The van der Waals surface area contributed by atoms with Crippen LogP contribution in [0.3, 0.4) is 0 Å². The molecular formula is C17H34N2. The molecule has 0 spiro atoms. The molecule has 2 saturated carbocycles. The molecular weight excluding hydrogens is 232 g/mol. The Labute approximate surface area is 120 Å². The molecule has 0 aromatic carbocycles. The summed E-state index contributed by atoms with van der Waals surface area (Å²) in [4.78, 5) is 0. The summed E-state index contributed by atoms with van der Waals surface area (Å²) in [6, 6.07) is 2.20. The van der Waals surface area contributed by atoms with Crippen molar-refractivity contribution in [3.05, 3.63) is 0 Å². The van der Waals surface area contributed by atoms with E-state index in [9.17, 15) is 0 Å². The molecule has 3 atom stereocenters. The molecule has 2 aliphatic carbocycles. The summed E-state index contributed by atoms with van der Waals surface area (Å²) in [5, 5.41) is 7.46. The Morgan fingerprint density at radius 3 is 2.32 bits per heavy atom. The summed E-state index contributed by atoms with van der Waals surface area (Å²) in [6.45, 7) is 8.14. The van der Waals surface area contributed by atoms with Crippen LogP contribution in [0.5, 0.6) is 0 Å². The zero-order valence-electron chi connectivity index (χ0n) is 13.3. The lowest BCUT2D eigenvalue weighted by Gasteiger charge is -2.22. The van der Waals surface area contributed by atoms with Crippen LogP contribution in [0.25, 0.3) is 0 Å². The first kappa shape index (κ1) is 15.3. The van der Waals surface area contributed by atoms with Gasteiger partial charge in [0.1, 0.15) is 0 Å². The number of rotatable bonds is 7. The third-order valence-corrected chi connectivity index (χ3v) is 5.03. The van der Waals surface area contributed by atoms with E-state index in [4.69, 9.17) is 0 Å². The smallest absolute Gasteiger partial charge is 0.00695 e. The zero-order chi connectivity index (χ0) is 13.7. The van der Waals surface area contributed by atoms with E-state index >= 15 is 0 Å². The van der Waals surface area contributed by atoms with Gasteiger partial charge in [0.15, 0.2) is 0 Å². The standard InChI is InChI=1S/C17H34N2/c1-13(2)18-12-16-9-8-15(11-16)10-14(3)19-17-6-4-5-7-17/h13-19H,4-12H2,1-3H3. The maximum atomic E-state index is 3.86. The minimum absolute atomic E-state index is 0.641. The van der Waals surface area contributed by atoms with Crippen molar-refractivity contribution in [1.29, 1.82) is 0 Å². The topological polar surface area (TPSA) is 24.1 Å². The van der Waals surface area contributed by atoms with Crippen molar-refractivity contribution in [3.63, 3.8) is 0 Å². The highest BCUT2D eigenvalue weighted by atomic mass is 14.9. The van der Waals surface area contributed by atoms with Gasteiger partial charge in [-0.2, -0.15) is 0 Å². The molecule has 3 unspecified atom stereocenters. The van der Waals surface area contributed by atoms with Crippen molar-refractivity contribution in [3.8, 4) is 0 Å². The van der Waals surface area contributed by atoms with Crippen molar-refractivity contribution in [1.82, 2.24) is 10.6 Å². The molecule has 2 aliphatic rings. The Balaban J connectivity index is 1.60. The third kappa shape index (κ3) is 5.43. The van der Waals surface area contributed by atoms with Gasteiger partial charge >= 0.3 is 0 Å². The fraction of sp³-hybridized carbons (Fsp3) is 1.00. The Morgan fingerprint density at radius 2 is 1.63 bits per heavy atom. The first-order valence-corrected chi connectivity index (χ1v) is 8.63. The minimum Gasteiger partial charge on any atom is -0.314 e. The van der Waals surface area contributed by atoms with Crippen molar-refractivity contribution < 1.29 is 0 Å². The van der Waals surface area contributed by atoms with Gasteiger partial charge < -0.3 is 10.6 Å². The predicted molar refractivity (Wildman–Crippen MR) is 83.4 cm³/mol. The van der Waals surface area contributed by atoms with Crippen LogP contribution in [0.1, 0.15) is 72.1 Å². The molecule has 19 heavy (non-hydrogen) atoms. The average molecular weight is 266 g/mol. The normalized spacial score (nSPS) is 30.3. The lowest BCUT2D eigenvalue weighted by Crippen LogP contribution is -2.35. The van der Waals surface area contributed by atoms with Gasteiger partial charge in [-0.15, -0.1) is 0 Å². The van der Waals surface area contributed by atoms with Crippen molar-refractivity contribution in [2.45, 2.75) is 90.3 Å². The lowest BCUT2D eigenvalue weighted by molar-refractivity contribution is 0.357. The molecule has 2 rings (SSSR count). The summed E-state index contributed by atoms with van der Waals surface area (Å²) in [7, 11) is 0. The molecule has 0 aromatic heterocycles. The Bertz CT molecular complexity index is 246. The summed E-state index contributed by atoms with van der Waals surface area (Å²) < 4.78 is 0. The van der Waals surface area contributed by atoms with Crippen LogP contribution in [-0.2, 0) is 0 Å². The van der Waals surface area contributed by atoms with Gasteiger partial charge in [-0.25, -0.2) is 0 Å². The predicted octanol–water partition coefficient (Wildman–Crippen LogP) is 3.71. The zero-order valence-corrected chi connectivity index (χ0v) is 13.3. The second kappa shape index (κ2) is 7.64. The molecule has 2 nitrogen and oxygen atoms in total. The van der Waals surface area contributed by atoms with Gasteiger partial charge in [0, 0.05) is 18.1 Å². The average Bonchev–Trinajstić information content (AvgIpc) is 2.98. The first-order chi connectivity index (χ1) is 9.13. The van der Waals surface area contributed by atoms with E-state index in [1.807, 2.05) is 0 Å². The van der Waals surface area contributed by atoms with Crippen molar-refractivity contribution in [2.75, 3.05) is 6.54 Å². The molecule has 112 valence electrons. The van der Waals surface area contributed by atoms with Crippen LogP contribution in [-0.4, -0.2) is 24.7 Å². The van der Waals surface area contributed by atoms with E-state index in [2.05, 4.69) is 31.4 Å². The fourth-order valence-electron chi connectivity index (χ4n) is 4.04. The second-order valence-electron chi connectivity index (χ2n) is 7.39. The molecule has 2 N–H and O–H groups in total. The molecule has 2 fully saturated rings. The Morgan fingerprint density at radius 1 is 0.947 bits per heavy atom. The van der Waals surface area contributed by atoms with Gasteiger partial charge in [0.25, 0.3) is 0 Å². The maximum absolute atomic E-state index is 3.86. The van der Waals surface area contributed by atoms with Gasteiger partial charge in [-0.1, -0.05) is 33.1 Å². The van der Waals surface area contributed by atoms with Crippen LogP contribution in [0.4, 0.5) is 0 Å². The largest absolute Gasteiger partial charge is 0.314 e. The molecule has 0 saturated heterocycles. The van der Waals surface area contributed by atoms with Gasteiger partial charge in [0.05, 0.1) is 0 Å². The third-order valence-electron chi connectivity index (χ3n) is 5.03. The summed E-state index contributed by atoms with van der Waals surface area (Å²) >= 11 is 0. The minimum atomic E-state index is 0.641. The van der Waals surface area contributed by atoms with Crippen LogP contribution in [0, 0.1) is 11.8 Å². The van der Waals surface area contributed by atoms with E-state index in [1.54, 1.807) is 0 Å². The monoisotopic (exact) mass is 266 g/mol. The Hall–Kier alpha value is -0.0800. The van der Waals surface area contributed by atoms with E-state index in [-0.39, 0.29) is 0 Å². The van der Waals surface area contributed by atoms with Gasteiger partial charge in [-0.05, 0) is 57.4 Å². The molecule has 0 radical (unpaired) electrons.